The average molecular weight is 351 g/mol. The Bertz CT molecular complexity index is 1020. The van der Waals surface area contributed by atoms with Gasteiger partial charge < -0.3 is 5.32 Å². The summed E-state index contributed by atoms with van der Waals surface area (Å²) in [6.07, 6.45) is 3.85. The lowest BCUT2D eigenvalue weighted by Crippen LogP contribution is -2.26. The number of carbonyl (C=O) groups is 1. The Kier molecular flexibility index (Phi) is 3.61. The zero-order valence-electron chi connectivity index (χ0n) is 14.7. The van der Waals surface area contributed by atoms with Crippen molar-refractivity contribution >= 4 is 11.7 Å². The molecule has 0 saturated carbocycles. The molecule has 2 aromatic heterocycles. The fourth-order valence-electron chi connectivity index (χ4n) is 3.02. The maximum absolute atomic E-state index is 13.9. The van der Waals surface area contributed by atoms with Gasteiger partial charge in [-0.05, 0) is 38.0 Å². The van der Waals surface area contributed by atoms with Crippen molar-refractivity contribution in [3.05, 3.63) is 64.9 Å². The molecule has 0 atom stereocenters. The van der Waals surface area contributed by atoms with Gasteiger partial charge in [-0.25, -0.2) is 14.1 Å². The summed E-state index contributed by atoms with van der Waals surface area (Å²) in [6, 6.07) is 6.66. The number of anilines is 1. The molecule has 0 aliphatic carbocycles. The van der Waals surface area contributed by atoms with Crippen molar-refractivity contribution < 1.29 is 9.18 Å². The molecule has 0 unspecified atom stereocenters. The van der Waals surface area contributed by atoms with E-state index in [-0.39, 0.29) is 11.7 Å². The minimum atomic E-state index is -0.649. The molecule has 6 nitrogen and oxygen atoms in total. The van der Waals surface area contributed by atoms with Crippen LogP contribution in [0.5, 0.6) is 0 Å². The number of aryl methyl sites for hydroxylation is 1. The van der Waals surface area contributed by atoms with E-state index in [0.29, 0.717) is 23.8 Å². The molecule has 1 amide bonds. The Morgan fingerprint density at radius 3 is 2.81 bits per heavy atom. The first kappa shape index (κ1) is 16.4. The first-order valence-corrected chi connectivity index (χ1v) is 8.34. The van der Waals surface area contributed by atoms with E-state index in [1.807, 2.05) is 20.8 Å². The molecule has 1 aliphatic rings. The minimum Gasteiger partial charge on any atom is -0.310 e. The Hall–Kier alpha value is -3.09. The van der Waals surface area contributed by atoms with Crippen LogP contribution in [-0.2, 0) is 16.6 Å². The second kappa shape index (κ2) is 5.72. The minimum absolute atomic E-state index is 0.101. The summed E-state index contributed by atoms with van der Waals surface area (Å²) in [5.74, 6) is 0.523. The van der Waals surface area contributed by atoms with Crippen molar-refractivity contribution in [2.75, 3.05) is 5.32 Å². The molecule has 3 heterocycles. The highest BCUT2D eigenvalue weighted by molar-refractivity contribution is 6.04. The average Bonchev–Trinajstić information content (AvgIpc) is 3.07. The fraction of sp³-hybridized carbons (Fsp3) is 0.263. The topological polar surface area (TPSA) is 72.7 Å². The molecule has 1 aliphatic heterocycles. The van der Waals surface area contributed by atoms with E-state index in [0.717, 1.165) is 16.8 Å². The number of hydrogen-bond donors (Lipinski definition) is 1. The predicted molar refractivity (Wildman–Crippen MR) is 94.8 cm³/mol. The molecule has 4 rings (SSSR count). The fourth-order valence-corrected chi connectivity index (χ4v) is 3.02. The predicted octanol–water partition coefficient (Wildman–Crippen LogP) is 2.93. The maximum atomic E-state index is 13.9. The van der Waals surface area contributed by atoms with Crippen molar-refractivity contribution in [2.24, 2.45) is 0 Å². The summed E-state index contributed by atoms with van der Waals surface area (Å²) in [5.41, 5.74) is 2.38. The third kappa shape index (κ3) is 2.56. The number of halogens is 1. The molecule has 132 valence electrons. The van der Waals surface area contributed by atoms with E-state index in [9.17, 15) is 9.18 Å². The molecule has 0 bridgehead atoms. The van der Waals surface area contributed by atoms with Gasteiger partial charge in [0.25, 0.3) is 5.95 Å². The standard InChI is InChI=1S/C19H18FN5O/c1-11-10-25(24-15(11)8-12-6-4-5-7-14(12)20)18-21-9-13-16(23-18)22-17(26)19(13,2)3/h4-7,9-10H,8H2,1-3H3,(H,21,22,23,26). The van der Waals surface area contributed by atoms with Gasteiger partial charge in [-0.15, -0.1) is 0 Å². The lowest BCUT2D eigenvalue weighted by atomic mass is 9.88. The summed E-state index contributed by atoms with van der Waals surface area (Å²) in [6.45, 7) is 5.58. The molecule has 26 heavy (non-hydrogen) atoms. The van der Waals surface area contributed by atoms with Crippen molar-refractivity contribution in [3.8, 4) is 5.95 Å². The summed E-state index contributed by atoms with van der Waals surface area (Å²) >= 11 is 0. The lowest BCUT2D eigenvalue weighted by molar-refractivity contribution is -0.119. The van der Waals surface area contributed by atoms with E-state index in [1.165, 1.54) is 6.07 Å². The summed E-state index contributed by atoms with van der Waals surface area (Å²) in [5, 5.41) is 7.30. The monoisotopic (exact) mass is 351 g/mol. The SMILES string of the molecule is Cc1cn(-c2ncc3c(n2)NC(=O)C3(C)C)nc1Cc1ccccc1F. The van der Waals surface area contributed by atoms with Crippen LogP contribution in [0.15, 0.2) is 36.7 Å². The van der Waals surface area contributed by atoms with Gasteiger partial charge in [-0.2, -0.15) is 10.1 Å². The van der Waals surface area contributed by atoms with E-state index < -0.39 is 5.41 Å². The third-order valence-corrected chi connectivity index (χ3v) is 4.77. The van der Waals surface area contributed by atoms with Gasteiger partial charge in [0.1, 0.15) is 11.6 Å². The molecular weight excluding hydrogens is 333 g/mol. The number of amides is 1. The van der Waals surface area contributed by atoms with Crippen LogP contribution >= 0.6 is 0 Å². The molecule has 0 saturated heterocycles. The summed E-state index contributed by atoms with van der Waals surface area (Å²) in [7, 11) is 0. The van der Waals surface area contributed by atoms with E-state index in [2.05, 4.69) is 20.4 Å². The molecule has 0 fully saturated rings. The number of nitrogens with zero attached hydrogens (tertiary/aromatic N) is 4. The van der Waals surface area contributed by atoms with Crippen LogP contribution in [0.4, 0.5) is 10.2 Å². The van der Waals surface area contributed by atoms with Crippen LogP contribution in [0.3, 0.4) is 0 Å². The van der Waals surface area contributed by atoms with Crippen LogP contribution in [-0.4, -0.2) is 25.7 Å². The van der Waals surface area contributed by atoms with Gasteiger partial charge in [-0.1, -0.05) is 18.2 Å². The van der Waals surface area contributed by atoms with Gasteiger partial charge in [-0.3, -0.25) is 4.79 Å². The third-order valence-electron chi connectivity index (χ3n) is 4.77. The highest BCUT2D eigenvalue weighted by Crippen LogP contribution is 2.35. The second-order valence-electron chi connectivity index (χ2n) is 6.98. The number of aromatic nitrogens is 4. The van der Waals surface area contributed by atoms with Crippen molar-refractivity contribution in [3.63, 3.8) is 0 Å². The van der Waals surface area contributed by atoms with Gasteiger partial charge in [0.2, 0.25) is 5.91 Å². The van der Waals surface area contributed by atoms with Crippen LogP contribution in [0.1, 0.15) is 36.2 Å². The number of hydrogen-bond acceptors (Lipinski definition) is 4. The largest absolute Gasteiger partial charge is 0.310 e. The molecular formula is C19H18FN5O. The Labute approximate surface area is 150 Å². The molecule has 7 heteroatoms. The Morgan fingerprint density at radius 2 is 2.04 bits per heavy atom. The maximum Gasteiger partial charge on any atom is 0.252 e. The Balaban J connectivity index is 1.67. The second-order valence-corrected chi connectivity index (χ2v) is 6.98. The molecule has 0 spiro atoms. The summed E-state index contributed by atoms with van der Waals surface area (Å²) in [4.78, 5) is 20.8. The van der Waals surface area contributed by atoms with Crippen molar-refractivity contribution in [1.29, 1.82) is 0 Å². The molecule has 1 aromatic carbocycles. The van der Waals surface area contributed by atoms with E-state index >= 15 is 0 Å². The van der Waals surface area contributed by atoms with E-state index in [1.54, 1.807) is 35.3 Å². The number of fused-ring (bicyclic) bond motifs is 1. The first-order chi connectivity index (χ1) is 12.4. The van der Waals surface area contributed by atoms with Gasteiger partial charge in [0, 0.05) is 24.4 Å². The lowest BCUT2D eigenvalue weighted by Gasteiger charge is -2.13. The number of nitrogens with one attached hydrogen (secondary N) is 1. The number of rotatable bonds is 3. The van der Waals surface area contributed by atoms with Crippen LogP contribution in [0.2, 0.25) is 0 Å². The number of benzene rings is 1. The normalized spacial score (nSPS) is 15.0. The number of carbonyl (C=O) groups excluding carboxylic acids is 1. The summed E-state index contributed by atoms with van der Waals surface area (Å²) < 4.78 is 15.5. The van der Waals surface area contributed by atoms with Crippen molar-refractivity contribution in [2.45, 2.75) is 32.6 Å². The smallest absolute Gasteiger partial charge is 0.252 e. The van der Waals surface area contributed by atoms with Crippen LogP contribution < -0.4 is 5.32 Å². The molecule has 1 N–H and O–H groups in total. The van der Waals surface area contributed by atoms with Gasteiger partial charge in [0.15, 0.2) is 0 Å². The van der Waals surface area contributed by atoms with E-state index in [4.69, 9.17) is 0 Å². The first-order valence-electron chi connectivity index (χ1n) is 8.34. The highest BCUT2D eigenvalue weighted by atomic mass is 19.1. The van der Waals surface area contributed by atoms with Gasteiger partial charge >= 0.3 is 0 Å². The quantitative estimate of drug-likeness (QED) is 0.787. The van der Waals surface area contributed by atoms with Crippen LogP contribution in [0.25, 0.3) is 5.95 Å². The van der Waals surface area contributed by atoms with Crippen molar-refractivity contribution in [1.82, 2.24) is 19.7 Å². The highest BCUT2D eigenvalue weighted by Gasteiger charge is 2.40. The molecule has 3 aromatic rings. The van der Waals surface area contributed by atoms with Crippen LogP contribution in [0, 0.1) is 12.7 Å². The zero-order chi connectivity index (χ0) is 18.5. The Morgan fingerprint density at radius 1 is 1.27 bits per heavy atom. The molecule has 0 radical (unpaired) electrons. The zero-order valence-corrected chi connectivity index (χ0v) is 14.7. The van der Waals surface area contributed by atoms with Gasteiger partial charge in [0.05, 0.1) is 11.1 Å².